The third kappa shape index (κ3) is 7.29. The van der Waals surface area contributed by atoms with Crippen LogP contribution in [0.4, 0.5) is 5.69 Å². The predicted molar refractivity (Wildman–Crippen MR) is 122 cm³/mol. The first-order valence-corrected chi connectivity index (χ1v) is 9.79. The smallest absolute Gasteiger partial charge is 0.191 e. The standard InChI is InChI=1S/C19H29ClN4O2.HI/c1-21-19(22-8-11-25-14-18-6-3-10-26-18)23-16-7-9-24(13-16)17-5-2-4-15(20)12-17;/h2,4-5,12,16,18H,3,6-11,13-14H2,1H3,(H2,21,22,23);1H. The Morgan fingerprint density at radius 3 is 3.04 bits per heavy atom. The molecule has 152 valence electrons. The van der Waals surface area contributed by atoms with Gasteiger partial charge in [-0.05, 0) is 37.5 Å². The lowest BCUT2D eigenvalue weighted by molar-refractivity contribution is 0.0191. The van der Waals surface area contributed by atoms with Crippen molar-refractivity contribution in [3.63, 3.8) is 0 Å². The van der Waals surface area contributed by atoms with Gasteiger partial charge in [-0.25, -0.2) is 0 Å². The topological polar surface area (TPSA) is 58.1 Å². The molecule has 2 atom stereocenters. The van der Waals surface area contributed by atoms with Gasteiger partial charge < -0.3 is 25.0 Å². The zero-order valence-electron chi connectivity index (χ0n) is 15.8. The van der Waals surface area contributed by atoms with Crippen LogP contribution in [0, 0.1) is 0 Å². The van der Waals surface area contributed by atoms with E-state index in [-0.39, 0.29) is 30.1 Å². The number of guanidine groups is 1. The number of rotatable bonds is 7. The van der Waals surface area contributed by atoms with Gasteiger partial charge in [0.1, 0.15) is 0 Å². The first kappa shape index (κ1) is 22.5. The zero-order chi connectivity index (χ0) is 18.2. The summed E-state index contributed by atoms with van der Waals surface area (Å²) in [5, 5.41) is 7.59. The minimum atomic E-state index is 0. The highest BCUT2D eigenvalue weighted by Gasteiger charge is 2.23. The van der Waals surface area contributed by atoms with Crippen molar-refractivity contribution in [1.29, 1.82) is 0 Å². The van der Waals surface area contributed by atoms with Gasteiger partial charge in [0.2, 0.25) is 0 Å². The molecule has 2 fully saturated rings. The average molecular weight is 509 g/mol. The molecule has 0 aliphatic carbocycles. The quantitative estimate of drug-likeness (QED) is 0.257. The summed E-state index contributed by atoms with van der Waals surface area (Å²) in [4.78, 5) is 6.66. The van der Waals surface area contributed by atoms with Gasteiger partial charge in [0.25, 0.3) is 0 Å². The summed E-state index contributed by atoms with van der Waals surface area (Å²) in [6.07, 6.45) is 3.61. The largest absolute Gasteiger partial charge is 0.377 e. The Morgan fingerprint density at radius 1 is 1.41 bits per heavy atom. The molecule has 2 aliphatic rings. The Morgan fingerprint density at radius 2 is 2.30 bits per heavy atom. The summed E-state index contributed by atoms with van der Waals surface area (Å²) in [5.41, 5.74) is 1.17. The molecule has 2 N–H and O–H groups in total. The maximum absolute atomic E-state index is 6.10. The van der Waals surface area contributed by atoms with Gasteiger partial charge in [0, 0.05) is 50.0 Å². The predicted octanol–water partition coefficient (Wildman–Crippen LogP) is 2.90. The van der Waals surface area contributed by atoms with Gasteiger partial charge in [-0.15, -0.1) is 24.0 Å². The van der Waals surface area contributed by atoms with Gasteiger partial charge in [0.15, 0.2) is 5.96 Å². The Bertz CT molecular complexity index is 599. The minimum absolute atomic E-state index is 0. The molecule has 1 aromatic rings. The first-order valence-electron chi connectivity index (χ1n) is 9.41. The highest BCUT2D eigenvalue weighted by atomic mass is 127. The summed E-state index contributed by atoms with van der Waals surface area (Å²) < 4.78 is 11.2. The van der Waals surface area contributed by atoms with E-state index in [1.54, 1.807) is 7.05 Å². The van der Waals surface area contributed by atoms with E-state index in [0.717, 1.165) is 56.5 Å². The molecule has 6 nitrogen and oxygen atoms in total. The molecule has 1 aromatic carbocycles. The summed E-state index contributed by atoms with van der Waals surface area (Å²) >= 11 is 6.10. The Balaban J connectivity index is 0.00000261. The van der Waals surface area contributed by atoms with Crippen molar-refractivity contribution in [3.8, 4) is 0 Å². The van der Waals surface area contributed by atoms with Crippen LogP contribution in [0.15, 0.2) is 29.3 Å². The van der Waals surface area contributed by atoms with Crippen LogP contribution in [0.1, 0.15) is 19.3 Å². The lowest BCUT2D eigenvalue weighted by Crippen LogP contribution is -2.45. The number of aliphatic imine (C=N–C) groups is 1. The van der Waals surface area contributed by atoms with E-state index in [4.69, 9.17) is 21.1 Å². The molecule has 2 heterocycles. The fraction of sp³-hybridized carbons (Fsp3) is 0.632. The van der Waals surface area contributed by atoms with E-state index in [0.29, 0.717) is 19.3 Å². The van der Waals surface area contributed by atoms with Crippen LogP contribution in [-0.2, 0) is 9.47 Å². The van der Waals surface area contributed by atoms with Crippen molar-refractivity contribution >= 4 is 47.2 Å². The van der Waals surface area contributed by atoms with Crippen LogP contribution < -0.4 is 15.5 Å². The summed E-state index contributed by atoms with van der Waals surface area (Å²) in [6.45, 7) is 4.90. The van der Waals surface area contributed by atoms with E-state index in [1.807, 2.05) is 18.2 Å². The van der Waals surface area contributed by atoms with Crippen LogP contribution in [0.25, 0.3) is 0 Å². The zero-order valence-corrected chi connectivity index (χ0v) is 18.9. The monoisotopic (exact) mass is 508 g/mol. The molecule has 8 heteroatoms. The van der Waals surface area contributed by atoms with E-state index in [2.05, 4.69) is 26.6 Å². The molecule has 0 radical (unpaired) electrons. The maximum Gasteiger partial charge on any atom is 0.191 e. The van der Waals surface area contributed by atoms with Crippen LogP contribution in [-0.4, -0.2) is 64.6 Å². The van der Waals surface area contributed by atoms with Crippen molar-refractivity contribution in [2.45, 2.75) is 31.4 Å². The van der Waals surface area contributed by atoms with Gasteiger partial charge in [-0.3, -0.25) is 4.99 Å². The Kier molecular flexibility index (Phi) is 9.95. The van der Waals surface area contributed by atoms with Crippen LogP contribution in [0.2, 0.25) is 5.02 Å². The van der Waals surface area contributed by atoms with Crippen LogP contribution >= 0.6 is 35.6 Å². The summed E-state index contributed by atoms with van der Waals surface area (Å²) in [5.74, 6) is 0.823. The van der Waals surface area contributed by atoms with Crippen molar-refractivity contribution < 1.29 is 9.47 Å². The highest BCUT2D eigenvalue weighted by molar-refractivity contribution is 14.0. The molecule has 0 saturated carbocycles. The second kappa shape index (κ2) is 11.9. The summed E-state index contributed by atoms with van der Waals surface area (Å²) in [6, 6.07) is 8.39. The second-order valence-corrected chi connectivity index (χ2v) is 7.20. The third-order valence-electron chi connectivity index (χ3n) is 4.79. The molecule has 2 unspecified atom stereocenters. The van der Waals surface area contributed by atoms with Crippen molar-refractivity contribution in [3.05, 3.63) is 29.3 Å². The van der Waals surface area contributed by atoms with E-state index in [9.17, 15) is 0 Å². The second-order valence-electron chi connectivity index (χ2n) is 6.76. The van der Waals surface area contributed by atoms with Gasteiger partial charge in [-0.2, -0.15) is 0 Å². The molecule has 2 aliphatic heterocycles. The molecule has 3 rings (SSSR count). The first-order chi connectivity index (χ1) is 12.7. The highest BCUT2D eigenvalue weighted by Crippen LogP contribution is 2.23. The van der Waals surface area contributed by atoms with E-state index in [1.165, 1.54) is 5.69 Å². The van der Waals surface area contributed by atoms with Crippen molar-refractivity contribution in [2.24, 2.45) is 4.99 Å². The van der Waals surface area contributed by atoms with Crippen molar-refractivity contribution in [2.75, 3.05) is 51.4 Å². The number of anilines is 1. The Labute approximate surface area is 184 Å². The average Bonchev–Trinajstić information content (AvgIpc) is 3.32. The fourth-order valence-electron chi connectivity index (χ4n) is 3.41. The molecule has 27 heavy (non-hydrogen) atoms. The summed E-state index contributed by atoms with van der Waals surface area (Å²) in [7, 11) is 1.80. The number of hydrogen-bond acceptors (Lipinski definition) is 4. The van der Waals surface area contributed by atoms with Gasteiger partial charge >= 0.3 is 0 Å². The molecular weight excluding hydrogens is 479 g/mol. The fourth-order valence-corrected chi connectivity index (χ4v) is 3.59. The number of ether oxygens (including phenoxy) is 2. The molecule has 0 amide bonds. The van der Waals surface area contributed by atoms with Gasteiger partial charge in [-0.1, -0.05) is 17.7 Å². The van der Waals surface area contributed by atoms with Crippen LogP contribution in [0.5, 0.6) is 0 Å². The lowest BCUT2D eigenvalue weighted by Gasteiger charge is -2.20. The SMILES string of the molecule is CN=C(NCCOCC1CCCO1)NC1CCN(c2cccc(Cl)c2)C1.I. The van der Waals surface area contributed by atoms with Gasteiger partial charge in [0.05, 0.1) is 19.3 Å². The van der Waals surface area contributed by atoms with E-state index >= 15 is 0 Å². The lowest BCUT2D eigenvalue weighted by atomic mass is 10.2. The molecule has 2 saturated heterocycles. The minimum Gasteiger partial charge on any atom is -0.377 e. The van der Waals surface area contributed by atoms with Crippen LogP contribution in [0.3, 0.4) is 0 Å². The molecule has 0 bridgehead atoms. The molecule has 0 spiro atoms. The maximum atomic E-state index is 6.10. The third-order valence-corrected chi connectivity index (χ3v) is 5.03. The number of benzene rings is 1. The van der Waals surface area contributed by atoms with Crippen molar-refractivity contribution in [1.82, 2.24) is 10.6 Å². The number of halogens is 2. The van der Waals surface area contributed by atoms with E-state index < -0.39 is 0 Å². The molecular formula is C19H30ClIN4O2. The number of hydrogen-bond donors (Lipinski definition) is 2. The number of nitrogens with one attached hydrogen (secondary N) is 2. The number of nitrogens with zero attached hydrogens (tertiary/aromatic N) is 2. The normalized spacial score (nSPS) is 22.6. The Hall–Kier alpha value is -0.770. The molecule has 0 aromatic heterocycles.